The van der Waals surface area contributed by atoms with Crippen LogP contribution in [0.25, 0.3) is 0 Å². The van der Waals surface area contributed by atoms with Crippen molar-refractivity contribution in [2.45, 2.75) is 6.04 Å². The maximum absolute atomic E-state index is 12.6. The summed E-state index contributed by atoms with van der Waals surface area (Å²) >= 11 is 0. The second kappa shape index (κ2) is 6.86. The fraction of sp³-hybridized carbons (Fsp3) is 0.333. The Morgan fingerprint density at radius 2 is 1.90 bits per heavy atom. The van der Waals surface area contributed by atoms with E-state index in [0.29, 0.717) is 26.3 Å². The zero-order valence-electron chi connectivity index (χ0n) is 11.2. The quantitative estimate of drug-likeness (QED) is 0.830. The summed E-state index contributed by atoms with van der Waals surface area (Å²) in [5, 5.41) is 2.69. The molecule has 1 fully saturated rings. The zero-order chi connectivity index (χ0) is 14.4. The van der Waals surface area contributed by atoms with Gasteiger partial charge in [-0.3, -0.25) is 9.59 Å². The van der Waals surface area contributed by atoms with Crippen molar-refractivity contribution in [2.75, 3.05) is 26.3 Å². The molecular formula is C15H18N2O3. The monoisotopic (exact) mass is 274 g/mol. The molecule has 0 radical (unpaired) electrons. The molecule has 1 aliphatic heterocycles. The van der Waals surface area contributed by atoms with Crippen molar-refractivity contribution in [1.82, 2.24) is 10.2 Å². The molecule has 1 saturated heterocycles. The molecule has 5 nitrogen and oxygen atoms in total. The first-order chi connectivity index (χ1) is 9.72. The number of ether oxygens (including phenoxy) is 1. The van der Waals surface area contributed by atoms with E-state index in [9.17, 15) is 9.59 Å². The molecule has 0 saturated carbocycles. The Bertz CT molecular complexity index is 481. The van der Waals surface area contributed by atoms with Crippen LogP contribution in [0.4, 0.5) is 0 Å². The summed E-state index contributed by atoms with van der Waals surface area (Å²) in [5.74, 6) is -0.477. The molecule has 1 heterocycles. The van der Waals surface area contributed by atoms with Crippen LogP contribution in [0.2, 0.25) is 0 Å². The van der Waals surface area contributed by atoms with Gasteiger partial charge < -0.3 is 15.0 Å². The van der Waals surface area contributed by atoms with Gasteiger partial charge >= 0.3 is 0 Å². The second-order valence-corrected chi connectivity index (χ2v) is 4.49. The SMILES string of the molecule is C=CC(=O)NC(C(=O)N1CCOCC1)c1ccccc1. The average molecular weight is 274 g/mol. The predicted molar refractivity (Wildman–Crippen MR) is 74.9 cm³/mol. The highest BCUT2D eigenvalue weighted by Gasteiger charge is 2.27. The van der Waals surface area contributed by atoms with E-state index in [0.717, 1.165) is 5.56 Å². The lowest BCUT2D eigenvalue weighted by Gasteiger charge is -2.30. The van der Waals surface area contributed by atoms with Crippen LogP contribution in [0.15, 0.2) is 43.0 Å². The Hall–Kier alpha value is -2.14. The number of carbonyl (C=O) groups is 2. The number of benzene rings is 1. The van der Waals surface area contributed by atoms with Gasteiger partial charge in [-0.25, -0.2) is 0 Å². The molecule has 1 unspecified atom stereocenters. The molecule has 0 spiro atoms. The minimum Gasteiger partial charge on any atom is -0.378 e. The van der Waals surface area contributed by atoms with Crippen molar-refractivity contribution in [3.63, 3.8) is 0 Å². The minimum atomic E-state index is -0.681. The number of rotatable bonds is 4. The Balaban J connectivity index is 2.19. The second-order valence-electron chi connectivity index (χ2n) is 4.49. The van der Waals surface area contributed by atoms with Crippen molar-refractivity contribution in [3.05, 3.63) is 48.6 Å². The molecule has 2 rings (SSSR count). The first kappa shape index (κ1) is 14.3. The summed E-state index contributed by atoms with van der Waals surface area (Å²) in [7, 11) is 0. The van der Waals surface area contributed by atoms with E-state index in [-0.39, 0.29) is 11.8 Å². The number of amides is 2. The highest BCUT2D eigenvalue weighted by Crippen LogP contribution is 2.16. The highest BCUT2D eigenvalue weighted by atomic mass is 16.5. The van der Waals surface area contributed by atoms with Crippen molar-refractivity contribution in [1.29, 1.82) is 0 Å². The lowest BCUT2D eigenvalue weighted by atomic mass is 10.1. The standard InChI is InChI=1S/C15H18N2O3/c1-2-13(18)16-14(12-6-4-3-5-7-12)15(19)17-8-10-20-11-9-17/h2-7,14H,1,8-11H2,(H,16,18). The Morgan fingerprint density at radius 1 is 1.25 bits per heavy atom. The van der Waals surface area contributed by atoms with Gasteiger partial charge in [0.2, 0.25) is 11.8 Å². The molecule has 0 aliphatic carbocycles. The third-order valence-corrected chi connectivity index (χ3v) is 3.17. The van der Waals surface area contributed by atoms with Gasteiger partial charge in [-0.15, -0.1) is 0 Å². The third kappa shape index (κ3) is 3.45. The van der Waals surface area contributed by atoms with E-state index in [1.807, 2.05) is 30.3 Å². The van der Waals surface area contributed by atoms with Crippen LogP contribution >= 0.6 is 0 Å². The molecule has 1 aromatic carbocycles. The van der Waals surface area contributed by atoms with Gasteiger partial charge in [0.05, 0.1) is 13.2 Å². The Labute approximate surface area is 118 Å². The summed E-state index contributed by atoms with van der Waals surface area (Å²) in [6.07, 6.45) is 1.17. The van der Waals surface area contributed by atoms with Gasteiger partial charge in [0, 0.05) is 13.1 Å². The molecular weight excluding hydrogens is 256 g/mol. The number of nitrogens with zero attached hydrogens (tertiary/aromatic N) is 1. The number of hydrogen-bond donors (Lipinski definition) is 1. The van der Waals surface area contributed by atoms with Crippen LogP contribution < -0.4 is 5.32 Å². The van der Waals surface area contributed by atoms with E-state index in [4.69, 9.17) is 4.74 Å². The smallest absolute Gasteiger partial charge is 0.249 e. The molecule has 20 heavy (non-hydrogen) atoms. The maximum Gasteiger partial charge on any atom is 0.249 e. The Morgan fingerprint density at radius 3 is 2.50 bits per heavy atom. The van der Waals surface area contributed by atoms with Gasteiger partial charge in [-0.1, -0.05) is 36.9 Å². The van der Waals surface area contributed by atoms with Gasteiger partial charge in [-0.05, 0) is 11.6 Å². The van der Waals surface area contributed by atoms with E-state index in [1.165, 1.54) is 6.08 Å². The Kier molecular flexibility index (Phi) is 4.90. The zero-order valence-corrected chi connectivity index (χ0v) is 11.2. The number of nitrogens with one attached hydrogen (secondary N) is 1. The molecule has 1 N–H and O–H groups in total. The van der Waals surface area contributed by atoms with Gasteiger partial charge in [0.25, 0.3) is 0 Å². The normalized spacial score (nSPS) is 16.3. The van der Waals surface area contributed by atoms with Crippen LogP contribution in [-0.2, 0) is 14.3 Å². The molecule has 1 aliphatic rings. The maximum atomic E-state index is 12.6. The first-order valence-electron chi connectivity index (χ1n) is 6.57. The van der Waals surface area contributed by atoms with Gasteiger partial charge in [-0.2, -0.15) is 0 Å². The number of hydrogen-bond acceptors (Lipinski definition) is 3. The summed E-state index contributed by atoms with van der Waals surface area (Å²) in [5.41, 5.74) is 0.763. The molecule has 5 heteroatoms. The van der Waals surface area contributed by atoms with E-state index < -0.39 is 6.04 Å². The van der Waals surface area contributed by atoms with E-state index in [1.54, 1.807) is 4.90 Å². The summed E-state index contributed by atoms with van der Waals surface area (Å²) < 4.78 is 5.24. The largest absolute Gasteiger partial charge is 0.378 e. The molecule has 1 atom stereocenters. The van der Waals surface area contributed by atoms with Crippen LogP contribution in [0, 0.1) is 0 Å². The van der Waals surface area contributed by atoms with Crippen molar-refractivity contribution >= 4 is 11.8 Å². The summed E-state index contributed by atoms with van der Waals surface area (Å²) in [4.78, 5) is 25.8. The number of morpholine rings is 1. The number of carbonyl (C=O) groups excluding carboxylic acids is 2. The van der Waals surface area contributed by atoms with Crippen molar-refractivity contribution in [2.24, 2.45) is 0 Å². The first-order valence-corrected chi connectivity index (χ1v) is 6.57. The summed E-state index contributed by atoms with van der Waals surface area (Å²) in [6, 6.07) is 8.53. The molecule has 0 aromatic heterocycles. The van der Waals surface area contributed by atoms with Crippen LogP contribution in [0.3, 0.4) is 0 Å². The van der Waals surface area contributed by atoms with Gasteiger partial charge in [0.15, 0.2) is 0 Å². The predicted octanol–water partition coefficient (Wildman–Crippen LogP) is 0.889. The lowest BCUT2D eigenvalue weighted by molar-refractivity contribution is -0.139. The molecule has 0 bridgehead atoms. The molecule has 106 valence electrons. The summed E-state index contributed by atoms with van der Waals surface area (Å²) in [6.45, 7) is 5.58. The van der Waals surface area contributed by atoms with E-state index >= 15 is 0 Å². The van der Waals surface area contributed by atoms with Gasteiger partial charge in [0.1, 0.15) is 6.04 Å². The minimum absolute atomic E-state index is 0.116. The fourth-order valence-electron chi connectivity index (χ4n) is 2.10. The van der Waals surface area contributed by atoms with Crippen LogP contribution in [-0.4, -0.2) is 43.0 Å². The van der Waals surface area contributed by atoms with Crippen molar-refractivity contribution < 1.29 is 14.3 Å². The van der Waals surface area contributed by atoms with Crippen LogP contribution in [0.1, 0.15) is 11.6 Å². The lowest BCUT2D eigenvalue weighted by Crippen LogP contribution is -2.47. The highest BCUT2D eigenvalue weighted by molar-refractivity contribution is 5.93. The third-order valence-electron chi connectivity index (χ3n) is 3.17. The molecule has 1 aromatic rings. The van der Waals surface area contributed by atoms with Crippen LogP contribution in [0.5, 0.6) is 0 Å². The average Bonchev–Trinajstić information content (AvgIpc) is 2.53. The topological polar surface area (TPSA) is 58.6 Å². The molecule has 2 amide bonds. The fourth-order valence-corrected chi connectivity index (χ4v) is 2.10. The van der Waals surface area contributed by atoms with Crippen molar-refractivity contribution in [3.8, 4) is 0 Å². The van der Waals surface area contributed by atoms with E-state index in [2.05, 4.69) is 11.9 Å².